The Morgan fingerprint density at radius 2 is 1.71 bits per heavy atom. The molecular weight excluding hydrogens is 355 g/mol. The molecule has 0 atom stereocenters. The fourth-order valence-corrected chi connectivity index (χ4v) is 3.33. The molecule has 3 aromatic rings. The summed E-state index contributed by atoms with van der Waals surface area (Å²) in [5.41, 5.74) is 0.600. The summed E-state index contributed by atoms with van der Waals surface area (Å²) < 4.78 is 37.4. The largest absolute Gasteiger partial charge is 0.224 e. The molecule has 0 bridgehead atoms. The van der Waals surface area contributed by atoms with Crippen molar-refractivity contribution in [1.29, 1.82) is 0 Å². The summed E-state index contributed by atoms with van der Waals surface area (Å²) in [4.78, 5) is 1.39. The molecule has 9 heteroatoms. The summed E-state index contributed by atoms with van der Waals surface area (Å²) in [6.45, 7) is 0.0547. The van der Waals surface area contributed by atoms with Gasteiger partial charge >= 0.3 is 0 Å². The highest BCUT2D eigenvalue weighted by molar-refractivity contribution is 7.91. The maximum absolute atomic E-state index is 12.9. The number of benzene rings is 2. The number of aryl methyl sites for hydroxylation is 1. The lowest BCUT2D eigenvalue weighted by Gasteiger charge is -2.03. The molecule has 0 unspecified atom stereocenters. The Morgan fingerprint density at radius 3 is 2.38 bits per heavy atom. The highest BCUT2D eigenvalue weighted by Gasteiger charge is 2.15. The number of halogens is 2. The van der Waals surface area contributed by atoms with E-state index in [9.17, 15) is 12.8 Å². The Hall–Kier alpha value is -2.32. The molecule has 24 heavy (non-hydrogen) atoms. The van der Waals surface area contributed by atoms with Gasteiger partial charge in [0.05, 0.1) is 17.2 Å². The molecule has 0 N–H and O–H groups in total. The van der Waals surface area contributed by atoms with Crippen LogP contribution >= 0.6 is 11.6 Å². The van der Waals surface area contributed by atoms with Crippen molar-refractivity contribution in [2.45, 2.75) is 11.4 Å². The first kappa shape index (κ1) is 16.5. The van der Waals surface area contributed by atoms with E-state index in [1.807, 2.05) is 0 Å². The zero-order valence-corrected chi connectivity index (χ0v) is 13.9. The van der Waals surface area contributed by atoms with Gasteiger partial charge in [-0.1, -0.05) is 11.6 Å². The third-order valence-corrected chi connectivity index (χ3v) is 5.25. The molecule has 0 fully saturated rings. The van der Waals surface area contributed by atoms with Gasteiger partial charge in [-0.3, -0.25) is 0 Å². The number of nitrogens with zero attached hydrogens (tertiary/aromatic N) is 4. The number of hydrogen-bond donors (Lipinski definition) is 0. The number of rotatable bonds is 5. The molecule has 0 amide bonds. The van der Waals surface area contributed by atoms with Crippen molar-refractivity contribution in [2.75, 3.05) is 5.75 Å². The first-order valence-electron chi connectivity index (χ1n) is 6.96. The summed E-state index contributed by atoms with van der Waals surface area (Å²) in [6.07, 6.45) is 0. The van der Waals surface area contributed by atoms with Gasteiger partial charge < -0.3 is 0 Å². The molecule has 3 rings (SSSR count). The molecule has 1 heterocycles. The highest BCUT2D eigenvalue weighted by Crippen LogP contribution is 2.16. The number of hydrogen-bond acceptors (Lipinski definition) is 5. The molecule has 0 aliphatic carbocycles. The van der Waals surface area contributed by atoms with Crippen molar-refractivity contribution in [2.24, 2.45) is 0 Å². The Balaban J connectivity index is 1.71. The van der Waals surface area contributed by atoms with E-state index < -0.39 is 9.84 Å². The van der Waals surface area contributed by atoms with Crippen LogP contribution in [0.25, 0.3) is 11.4 Å². The second kappa shape index (κ2) is 6.66. The summed E-state index contributed by atoms with van der Waals surface area (Å²) >= 11 is 5.75. The van der Waals surface area contributed by atoms with E-state index in [0.29, 0.717) is 16.4 Å². The molecule has 0 radical (unpaired) electrons. The zero-order chi connectivity index (χ0) is 17.2. The second-order valence-electron chi connectivity index (χ2n) is 4.99. The van der Waals surface area contributed by atoms with Gasteiger partial charge in [0.2, 0.25) is 5.82 Å². The standard InChI is InChI=1S/C15H12ClFN4O2S/c16-12-3-7-14(8-4-12)24(22,23)10-9-21-19-15(18-20-21)11-1-5-13(17)6-2-11/h1-8H,9-10H2. The Morgan fingerprint density at radius 1 is 1.04 bits per heavy atom. The van der Waals surface area contributed by atoms with Crippen LogP contribution in [0.2, 0.25) is 5.02 Å². The van der Waals surface area contributed by atoms with E-state index in [0.717, 1.165) is 0 Å². The molecule has 6 nitrogen and oxygen atoms in total. The SMILES string of the molecule is O=S(=O)(CCn1nnc(-c2ccc(F)cc2)n1)c1ccc(Cl)cc1. The van der Waals surface area contributed by atoms with Crippen LogP contribution in [0.4, 0.5) is 4.39 Å². The van der Waals surface area contributed by atoms with Crippen molar-refractivity contribution in [3.63, 3.8) is 0 Å². The number of sulfone groups is 1. The minimum absolute atomic E-state index is 0.0547. The quantitative estimate of drug-likeness (QED) is 0.693. The average Bonchev–Trinajstić information content (AvgIpc) is 3.03. The molecule has 124 valence electrons. The van der Waals surface area contributed by atoms with Crippen LogP contribution in [0.5, 0.6) is 0 Å². The minimum Gasteiger partial charge on any atom is -0.224 e. The topological polar surface area (TPSA) is 77.7 Å². The van der Waals surface area contributed by atoms with Crippen LogP contribution < -0.4 is 0 Å². The van der Waals surface area contributed by atoms with E-state index in [2.05, 4.69) is 15.4 Å². The van der Waals surface area contributed by atoms with Crippen LogP contribution in [0.3, 0.4) is 0 Å². The lowest BCUT2D eigenvalue weighted by molar-refractivity contribution is 0.538. The number of tetrazole rings is 1. The summed E-state index contributed by atoms with van der Waals surface area (Å²) in [6, 6.07) is 11.6. The summed E-state index contributed by atoms with van der Waals surface area (Å²) in [7, 11) is -3.47. The monoisotopic (exact) mass is 366 g/mol. The van der Waals surface area contributed by atoms with Crippen LogP contribution in [-0.4, -0.2) is 34.4 Å². The smallest absolute Gasteiger partial charge is 0.204 e. The third kappa shape index (κ3) is 3.77. The van der Waals surface area contributed by atoms with E-state index >= 15 is 0 Å². The summed E-state index contributed by atoms with van der Waals surface area (Å²) in [5, 5.41) is 12.2. The van der Waals surface area contributed by atoms with Gasteiger partial charge in [-0.2, -0.15) is 4.80 Å². The van der Waals surface area contributed by atoms with Crippen LogP contribution in [0.1, 0.15) is 0 Å². The van der Waals surface area contributed by atoms with Crippen molar-refractivity contribution in [3.05, 3.63) is 59.4 Å². The van der Waals surface area contributed by atoms with Crippen LogP contribution in [-0.2, 0) is 16.4 Å². The highest BCUT2D eigenvalue weighted by atomic mass is 35.5. The predicted molar refractivity (Wildman–Crippen MR) is 86.7 cm³/mol. The van der Waals surface area contributed by atoms with Gasteiger partial charge in [-0.05, 0) is 53.7 Å². The number of aromatic nitrogens is 4. The summed E-state index contributed by atoms with van der Waals surface area (Å²) in [5.74, 6) is -0.229. The van der Waals surface area contributed by atoms with Crippen LogP contribution in [0.15, 0.2) is 53.4 Å². The van der Waals surface area contributed by atoms with Gasteiger partial charge in [0.1, 0.15) is 5.82 Å². The maximum atomic E-state index is 12.9. The molecule has 0 saturated heterocycles. The first-order valence-corrected chi connectivity index (χ1v) is 8.99. The minimum atomic E-state index is -3.47. The van der Waals surface area contributed by atoms with E-state index in [-0.39, 0.29) is 23.0 Å². The predicted octanol–water partition coefficient (Wildman–Crippen LogP) is 2.61. The first-order chi connectivity index (χ1) is 11.4. The molecule has 2 aromatic carbocycles. The van der Waals surface area contributed by atoms with E-state index in [1.54, 1.807) is 0 Å². The van der Waals surface area contributed by atoms with Gasteiger partial charge in [-0.15, -0.1) is 10.2 Å². The third-order valence-electron chi connectivity index (χ3n) is 3.29. The van der Waals surface area contributed by atoms with Gasteiger partial charge in [0.25, 0.3) is 0 Å². The maximum Gasteiger partial charge on any atom is 0.204 e. The van der Waals surface area contributed by atoms with Crippen molar-refractivity contribution in [3.8, 4) is 11.4 Å². The van der Waals surface area contributed by atoms with Crippen molar-refractivity contribution >= 4 is 21.4 Å². The molecular formula is C15H12ClFN4O2S. The molecule has 0 aliphatic rings. The van der Waals surface area contributed by atoms with Crippen molar-refractivity contribution < 1.29 is 12.8 Å². The van der Waals surface area contributed by atoms with E-state index in [1.165, 1.54) is 53.3 Å². The fourth-order valence-electron chi connectivity index (χ4n) is 2.01. The normalized spacial score (nSPS) is 11.6. The Bertz CT molecular complexity index is 940. The average molecular weight is 367 g/mol. The Kier molecular flexibility index (Phi) is 4.59. The molecule has 1 aromatic heterocycles. The lowest BCUT2D eigenvalue weighted by atomic mass is 10.2. The lowest BCUT2D eigenvalue weighted by Crippen LogP contribution is -2.15. The van der Waals surface area contributed by atoms with E-state index in [4.69, 9.17) is 11.6 Å². The van der Waals surface area contributed by atoms with Crippen LogP contribution in [0, 0.1) is 5.82 Å². The molecule has 0 spiro atoms. The fraction of sp³-hybridized carbons (Fsp3) is 0.133. The Labute approximate surface area is 142 Å². The van der Waals surface area contributed by atoms with Gasteiger partial charge in [0.15, 0.2) is 9.84 Å². The van der Waals surface area contributed by atoms with Gasteiger partial charge in [0, 0.05) is 10.6 Å². The molecule has 0 aliphatic heterocycles. The zero-order valence-electron chi connectivity index (χ0n) is 12.3. The molecule has 0 saturated carbocycles. The van der Waals surface area contributed by atoms with Gasteiger partial charge in [-0.25, -0.2) is 12.8 Å². The second-order valence-corrected chi connectivity index (χ2v) is 7.53. The van der Waals surface area contributed by atoms with Crippen molar-refractivity contribution in [1.82, 2.24) is 20.2 Å².